The first-order chi connectivity index (χ1) is 9.20. The number of aromatic nitrogens is 3. The zero-order chi connectivity index (χ0) is 13.2. The van der Waals surface area contributed by atoms with Crippen molar-refractivity contribution in [3.8, 4) is 0 Å². The van der Waals surface area contributed by atoms with Crippen molar-refractivity contribution in [2.24, 2.45) is 0 Å². The van der Waals surface area contributed by atoms with Gasteiger partial charge in [0.2, 0.25) is 5.91 Å². The summed E-state index contributed by atoms with van der Waals surface area (Å²) in [5.41, 5.74) is 2.80. The minimum absolute atomic E-state index is 0.0615. The number of carbonyl (C=O) groups is 1. The van der Waals surface area contributed by atoms with E-state index in [1.165, 1.54) is 0 Å². The Kier molecular flexibility index (Phi) is 3.16. The number of nitrogens with one attached hydrogen (secondary N) is 2. The van der Waals surface area contributed by atoms with Crippen LogP contribution in [0.15, 0.2) is 18.5 Å². The van der Waals surface area contributed by atoms with Gasteiger partial charge in [-0.2, -0.15) is 5.10 Å². The third-order valence-electron chi connectivity index (χ3n) is 3.05. The minimum Gasteiger partial charge on any atom is -0.352 e. The normalized spacial score (nSPS) is 14.8. The lowest BCUT2D eigenvalue weighted by Crippen LogP contribution is -2.34. The van der Waals surface area contributed by atoms with E-state index < -0.39 is 0 Å². The van der Waals surface area contributed by atoms with Crippen molar-refractivity contribution in [1.82, 2.24) is 25.2 Å². The van der Waals surface area contributed by atoms with Crippen LogP contribution in [-0.4, -0.2) is 33.1 Å². The van der Waals surface area contributed by atoms with Gasteiger partial charge in [-0.25, -0.2) is 9.50 Å². The first-order valence-electron chi connectivity index (χ1n) is 6.52. The molecule has 0 aromatic carbocycles. The molecule has 1 fully saturated rings. The Morgan fingerprint density at radius 2 is 2.37 bits per heavy atom. The van der Waals surface area contributed by atoms with Gasteiger partial charge in [0.05, 0.1) is 12.2 Å². The predicted octanol–water partition coefficient (Wildman–Crippen LogP) is 0.406. The monoisotopic (exact) mass is 259 g/mol. The van der Waals surface area contributed by atoms with Gasteiger partial charge in [-0.05, 0) is 19.8 Å². The third kappa shape index (κ3) is 3.08. The SMILES string of the molecule is Cc1cc2ncc(CNCC(=O)NC3CC3)cn2n1. The lowest BCUT2D eigenvalue weighted by Gasteiger charge is -2.05. The second kappa shape index (κ2) is 4.97. The van der Waals surface area contributed by atoms with Crippen LogP contribution in [0, 0.1) is 6.92 Å². The molecule has 0 bridgehead atoms. The van der Waals surface area contributed by atoms with E-state index in [0.717, 1.165) is 29.7 Å². The molecule has 2 aromatic heterocycles. The molecule has 1 aliphatic carbocycles. The number of fused-ring (bicyclic) bond motifs is 1. The molecule has 0 saturated heterocycles. The zero-order valence-corrected chi connectivity index (χ0v) is 10.9. The largest absolute Gasteiger partial charge is 0.352 e. The molecule has 0 aliphatic heterocycles. The van der Waals surface area contributed by atoms with Crippen LogP contribution in [0.25, 0.3) is 5.65 Å². The Hall–Kier alpha value is -1.95. The van der Waals surface area contributed by atoms with Gasteiger partial charge in [0.1, 0.15) is 0 Å². The van der Waals surface area contributed by atoms with Crippen LogP contribution in [0.4, 0.5) is 0 Å². The van der Waals surface area contributed by atoms with Crippen molar-refractivity contribution in [2.75, 3.05) is 6.54 Å². The van der Waals surface area contributed by atoms with Gasteiger partial charge in [0.25, 0.3) is 0 Å². The van der Waals surface area contributed by atoms with Crippen molar-refractivity contribution in [2.45, 2.75) is 32.4 Å². The molecule has 0 unspecified atom stereocenters. The van der Waals surface area contributed by atoms with Crippen LogP contribution in [0.1, 0.15) is 24.1 Å². The number of carbonyl (C=O) groups excluding carboxylic acids is 1. The summed E-state index contributed by atoms with van der Waals surface area (Å²) in [6.07, 6.45) is 5.97. The molecule has 1 aliphatic rings. The quantitative estimate of drug-likeness (QED) is 0.815. The fourth-order valence-corrected chi connectivity index (χ4v) is 1.95. The summed E-state index contributed by atoms with van der Waals surface area (Å²) in [5.74, 6) is 0.0615. The highest BCUT2D eigenvalue weighted by Gasteiger charge is 2.22. The number of nitrogens with zero attached hydrogens (tertiary/aromatic N) is 3. The lowest BCUT2D eigenvalue weighted by molar-refractivity contribution is -0.120. The minimum atomic E-state index is 0.0615. The number of amides is 1. The van der Waals surface area contributed by atoms with Crippen molar-refractivity contribution in [1.29, 1.82) is 0 Å². The molecule has 1 saturated carbocycles. The predicted molar refractivity (Wildman–Crippen MR) is 70.6 cm³/mol. The van der Waals surface area contributed by atoms with Crippen LogP contribution in [0.3, 0.4) is 0 Å². The highest BCUT2D eigenvalue weighted by Crippen LogP contribution is 2.18. The Labute approximate surface area is 111 Å². The number of hydrogen-bond acceptors (Lipinski definition) is 4. The van der Waals surface area contributed by atoms with Gasteiger partial charge in [-0.3, -0.25) is 4.79 Å². The second-order valence-electron chi connectivity index (χ2n) is 5.00. The highest BCUT2D eigenvalue weighted by atomic mass is 16.2. The first kappa shape index (κ1) is 12.1. The van der Waals surface area contributed by atoms with Crippen LogP contribution >= 0.6 is 0 Å². The molecule has 0 atom stereocenters. The maximum Gasteiger partial charge on any atom is 0.234 e. The maximum atomic E-state index is 11.5. The molecule has 19 heavy (non-hydrogen) atoms. The molecular formula is C13H17N5O. The molecule has 0 radical (unpaired) electrons. The van der Waals surface area contributed by atoms with Gasteiger partial charge in [-0.1, -0.05) is 0 Å². The van der Waals surface area contributed by atoms with Crippen molar-refractivity contribution in [3.63, 3.8) is 0 Å². The van der Waals surface area contributed by atoms with Gasteiger partial charge in [0, 0.05) is 36.6 Å². The molecule has 1 amide bonds. The molecule has 2 N–H and O–H groups in total. The van der Waals surface area contributed by atoms with Gasteiger partial charge in [0.15, 0.2) is 5.65 Å². The van der Waals surface area contributed by atoms with Crippen molar-refractivity contribution >= 4 is 11.6 Å². The van der Waals surface area contributed by atoms with E-state index in [4.69, 9.17) is 0 Å². The Balaban J connectivity index is 1.54. The molecule has 0 spiro atoms. The molecule has 2 heterocycles. The number of hydrogen-bond donors (Lipinski definition) is 2. The van der Waals surface area contributed by atoms with E-state index in [0.29, 0.717) is 19.1 Å². The van der Waals surface area contributed by atoms with Crippen LogP contribution < -0.4 is 10.6 Å². The summed E-state index contributed by atoms with van der Waals surface area (Å²) in [6, 6.07) is 2.35. The fraction of sp³-hybridized carbons (Fsp3) is 0.462. The van der Waals surface area contributed by atoms with Gasteiger partial charge >= 0.3 is 0 Å². The Bertz CT molecular complexity index is 602. The summed E-state index contributed by atoms with van der Waals surface area (Å²) in [5, 5.41) is 10.4. The van der Waals surface area contributed by atoms with Crippen LogP contribution in [0.5, 0.6) is 0 Å². The summed E-state index contributed by atoms with van der Waals surface area (Å²) >= 11 is 0. The highest BCUT2D eigenvalue weighted by molar-refractivity contribution is 5.78. The van der Waals surface area contributed by atoms with Crippen molar-refractivity contribution < 1.29 is 4.79 Å². The summed E-state index contributed by atoms with van der Waals surface area (Å²) in [4.78, 5) is 15.8. The molecule has 3 rings (SSSR count). The first-order valence-corrected chi connectivity index (χ1v) is 6.52. The molecule has 6 heteroatoms. The average molecular weight is 259 g/mol. The van der Waals surface area contributed by atoms with E-state index in [1.54, 1.807) is 4.52 Å². The molecular weight excluding hydrogens is 242 g/mol. The number of rotatable bonds is 5. The lowest BCUT2D eigenvalue weighted by atomic mass is 10.3. The molecule has 100 valence electrons. The average Bonchev–Trinajstić information content (AvgIpc) is 3.08. The van der Waals surface area contributed by atoms with E-state index >= 15 is 0 Å². The van der Waals surface area contributed by atoms with Crippen molar-refractivity contribution in [3.05, 3.63) is 29.7 Å². The smallest absolute Gasteiger partial charge is 0.234 e. The van der Waals surface area contributed by atoms with E-state index in [1.807, 2.05) is 25.4 Å². The van der Waals surface area contributed by atoms with Gasteiger partial charge < -0.3 is 10.6 Å². The van der Waals surface area contributed by atoms with E-state index in [2.05, 4.69) is 20.7 Å². The van der Waals surface area contributed by atoms with E-state index in [-0.39, 0.29) is 5.91 Å². The Morgan fingerprint density at radius 1 is 1.53 bits per heavy atom. The summed E-state index contributed by atoms with van der Waals surface area (Å²) in [6.45, 7) is 2.89. The van der Waals surface area contributed by atoms with Gasteiger partial charge in [-0.15, -0.1) is 0 Å². The topological polar surface area (TPSA) is 71.3 Å². The van der Waals surface area contributed by atoms with E-state index in [9.17, 15) is 4.79 Å². The third-order valence-corrected chi connectivity index (χ3v) is 3.05. The fourth-order valence-electron chi connectivity index (χ4n) is 1.95. The van der Waals surface area contributed by atoms with Crippen LogP contribution in [-0.2, 0) is 11.3 Å². The van der Waals surface area contributed by atoms with Crippen LogP contribution in [0.2, 0.25) is 0 Å². The standard InChI is InChI=1S/C13H17N5O/c1-9-4-12-15-6-10(8-18(12)17-9)5-14-7-13(19)16-11-2-3-11/h4,6,8,11,14H,2-3,5,7H2,1H3,(H,16,19). The number of aryl methyl sites for hydroxylation is 1. The molecule has 2 aromatic rings. The summed E-state index contributed by atoms with van der Waals surface area (Å²) in [7, 11) is 0. The second-order valence-corrected chi connectivity index (χ2v) is 5.00. The zero-order valence-electron chi connectivity index (χ0n) is 10.9. The Morgan fingerprint density at radius 3 is 3.16 bits per heavy atom. The maximum absolute atomic E-state index is 11.5. The molecule has 6 nitrogen and oxygen atoms in total. The summed E-state index contributed by atoms with van der Waals surface area (Å²) < 4.78 is 1.76.